The smallest absolute Gasteiger partial charge is 0.309 e. The van der Waals surface area contributed by atoms with Gasteiger partial charge >= 0.3 is 5.97 Å². The van der Waals surface area contributed by atoms with Crippen LogP contribution in [-0.2, 0) is 18.7 Å². The highest BCUT2D eigenvalue weighted by Gasteiger charge is 2.77. The Kier molecular flexibility index (Phi) is 2.65. The number of hydrogen-bond acceptors (Lipinski definition) is 4. The molecule has 6 bridgehead atoms. The van der Waals surface area contributed by atoms with Gasteiger partial charge in [0, 0.05) is 5.92 Å². The second-order valence-electron chi connectivity index (χ2n) is 8.62. The van der Waals surface area contributed by atoms with Gasteiger partial charge in [-0.2, -0.15) is 0 Å². The van der Waals surface area contributed by atoms with Crippen molar-refractivity contribution in [3.05, 3.63) is 0 Å². The van der Waals surface area contributed by atoms with Gasteiger partial charge in [0.2, 0.25) is 0 Å². The van der Waals surface area contributed by atoms with Crippen LogP contribution >= 0.6 is 0 Å². The predicted molar refractivity (Wildman–Crippen MR) is 80.3 cm³/mol. The maximum Gasteiger partial charge on any atom is 0.309 e. The van der Waals surface area contributed by atoms with Gasteiger partial charge in [0.25, 0.3) is 0 Å². The monoisotopic (exact) mass is 310 g/mol. The van der Waals surface area contributed by atoms with Crippen LogP contribution in [0.4, 0.5) is 0 Å². The summed E-state index contributed by atoms with van der Waals surface area (Å²) in [6.07, 6.45) is 1.36. The average Bonchev–Trinajstić information content (AvgIpc) is 2.62. The molecule has 5 aliphatic rings. The fourth-order valence-corrected chi connectivity index (χ4v) is 7.41. The molecule has 0 radical (unpaired) electrons. The summed E-state index contributed by atoms with van der Waals surface area (Å²) < 4.78 is 18.8. The van der Waals surface area contributed by atoms with E-state index in [2.05, 4.69) is 33.5 Å². The van der Waals surface area contributed by atoms with E-state index in [9.17, 15) is 4.79 Å². The summed E-state index contributed by atoms with van der Waals surface area (Å²) in [4.78, 5) is 12.2. The Labute approximate surface area is 127 Å². The van der Waals surface area contributed by atoms with E-state index < -0.39 is 13.9 Å². The maximum atomic E-state index is 12.2. The van der Waals surface area contributed by atoms with Crippen molar-refractivity contribution in [2.45, 2.75) is 63.6 Å². The summed E-state index contributed by atoms with van der Waals surface area (Å²) in [6, 6.07) is 0. The molecule has 3 saturated carbocycles. The van der Waals surface area contributed by atoms with E-state index >= 15 is 0 Å². The lowest BCUT2D eigenvalue weighted by molar-refractivity contribution is -0.284. The number of rotatable bonds is 2. The van der Waals surface area contributed by atoms with Crippen LogP contribution in [0.15, 0.2) is 0 Å². The van der Waals surface area contributed by atoms with E-state index in [1.54, 1.807) is 0 Å². The molecule has 0 unspecified atom stereocenters. The third-order valence-corrected chi connectivity index (χ3v) is 7.46. The van der Waals surface area contributed by atoms with Crippen molar-refractivity contribution in [2.24, 2.45) is 23.7 Å². The van der Waals surface area contributed by atoms with Gasteiger partial charge in [-0.15, -0.1) is 0 Å². The Morgan fingerprint density at radius 3 is 2.71 bits per heavy atom. The van der Waals surface area contributed by atoms with E-state index in [0.717, 1.165) is 13.0 Å². The Morgan fingerprint density at radius 1 is 1.33 bits per heavy atom. The lowest BCUT2D eigenvalue weighted by Gasteiger charge is -2.67. The number of carbonyl (C=O) groups excluding carboxylic acids is 1. The zero-order valence-electron chi connectivity index (χ0n) is 13.6. The first-order valence-electron chi connectivity index (χ1n) is 8.21. The molecule has 2 saturated heterocycles. The number of hydrogen-bond donors (Lipinski definition) is 0. The van der Waals surface area contributed by atoms with E-state index in [1.165, 1.54) is 0 Å². The summed E-state index contributed by atoms with van der Waals surface area (Å²) in [7, 11) is -1.80. The van der Waals surface area contributed by atoms with Gasteiger partial charge in [0.05, 0.1) is 18.6 Å². The summed E-state index contributed by atoms with van der Waals surface area (Å²) in [5.74, 6) is 1.77. The molecule has 0 aromatic rings. The van der Waals surface area contributed by atoms with Gasteiger partial charge in [0.15, 0.2) is 8.32 Å². The first-order chi connectivity index (χ1) is 9.68. The molecular weight excluding hydrogens is 284 g/mol. The molecule has 3 aliphatic carbocycles. The molecule has 0 aromatic carbocycles. The SMILES string of the molecule is C[C@H]1[C@@H]2CO[C@@]3(C)[C@@H]2C[C@@H]2OC(=O)C[C@@]3(O[Si](C)(C)C)[C@H]12. The maximum absolute atomic E-state index is 12.2. The van der Waals surface area contributed by atoms with Gasteiger partial charge in [-0.05, 0) is 50.7 Å². The van der Waals surface area contributed by atoms with Crippen LogP contribution in [0.25, 0.3) is 0 Å². The molecule has 2 aliphatic heterocycles. The minimum absolute atomic E-state index is 0.0358. The molecule has 5 fully saturated rings. The molecule has 2 heterocycles. The van der Waals surface area contributed by atoms with Crippen molar-refractivity contribution >= 4 is 14.3 Å². The molecule has 5 rings (SSSR count). The standard InChI is InChI=1S/C16H26O4Si/c1-9-10-8-18-15(2)11(10)6-12-14(9)16(15,7-13(17)19-12)20-21(3,4)5/h9-12,14H,6-8H2,1-5H3/t9-,10-,11+,12-,14+,15-,16+/m0/s1. The Bertz CT molecular complexity index is 501. The van der Waals surface area contributed by atoms with E-state index in [1.807, 2.05) is 0 Å². The van der Waals surface area contributed by atoms with Crippen LogP contribution in [-0.4, -0.2) is 38.2 Å². The van der Waals surface area contributed by atoms with Gasteiger partial charge in [-0.3, -0.25) is 4.79 Å². The van der Waals surface area contributed by atoms with Crippen molar-refractivity contribution in [3.8, 4) is 0 Å². The number of ether oxygens (including phenoxy) is 2. The fourth-order valence-electron chi connectivity index (χ4n) is 5.90. The molecule has 0 amide bonds. The van der Waals surface area contributed by atoms with Gasteiger partial charge in [0.1, 0.15) is 11.7 Å². The van der Waals surface area contributed by atoms with Crippen molar-refractivity contribution in [3.63, 3.8) is 0 Å². The predicted octanol–water partition coefficient (Wildman–Crippen LogP) is 2.58. The largest absolute Gasteiger partial charge is 0.462 e. The van der Waals surface area contributed by atoms with E-state index in [-0.39, 0.29) is 17.7 Å². The molecule has 7 atom stereocenters. The highest BCUT2D eigenvalue weighted by Crippen LogP contribution is 2.67. The van der Waals surface area contributed by atoms with E-state index in [0.29, 0.717) is 30.1 Å². The summed E-state index contributed by atoms with van der Waals surface area (Å²) in [5.41, 5.74) is -0.780. The highest BCUT2D eigenvalue weighted by atomic mass is 28.4. The number of esters is 1. The summed E-state index contributed by atoms with van der Waals surface area (Å²) in [6.45, 7) is 11.9. The van der Waals surface area contributed by atoms with Crippen LogP contribution in [0, 0.1) is 23.7 Å². The van der Waals surface area contributed by atoms with Gasteiger partial charge < -0.3 is 13.9 Å². The zero-order chi connectivity index (χ0) is 15.2. The second kappa shape index (κ2) is 3.92. The van der Waals surface area contributed by atoms with Crippen molar-refractivity contribution in [1.82, 2.24) is 0 Å². The third kappa shape index (κ3) is 1.60. The van der Waals surface area contributed by atoms with Crippen molar-refractivity contribution in [1.29, 1.82) is 0 Å². The Morgan fingerprint density at radius 2 is 2.05 bits per heavy atom. The average molecular weight is 310 g/mol. The lowest BCUT2D eigenvalue weighted by Crippen LogP contribution is -2.77. The molecule has 0 aromatic heterocycles. The normalized spacial score (nSPS) is 54.7. The minimum atomic E-state index is -1.80. The number of carbonyl (C=O) groups is 1. The lowest BCUT2D eigenvalue weighted by atomic mass is 9.46. The van der Waals surface area contributed by atoms with Crippen LogP contribution in [0.1, 0.15) is 26.7 Å². The quantitative estimate of drug-likeness (QED) is 0.581. The van der Waals surface area contributed by atoms with Crippen LogP contribution in [0.2, 0.25) is 19.6 Å². The minimum Gasteiger partial charge on any atom is -0.462 e. The fraction of sp³-hybridized carbons (Fsp3) is 0.938. The Hall–Kier alpha value is -0.393. The van der Waals surface area contributed by atoms with Crippen LogP contribution in [0.5, 0.6) is 0 Å². The van der Waals surface area contributed by atoms with Crippen molar-refractivity contribution < 1.29 is 18.7 Å². The second-order valence-corrected chi connectivity index (χ2v) is 13.0. The first-order valence-corrected chi connectivity index (χ1v) is 11.6. The molecule has 21 heavy (non-hydrogen) atoms. The van der Waals surface area contributed by atoms with E-state index in [4.69, 9.17) is 13.9 Å². The van der Waals surface area contributed by atoms with Gasteiger partial charge in [-0.25, -0.2) is 0 Å². The Balaban J connectivity index is 1.88. The molecule has 5 heteroatoms. The topological polar surface area (TPSA) is 44.8 Å². The van der Waals surface area contributed by atoms with Crippen LogP contribution < -0.4 is 0 Å². The molecule has 0 N–H and O–H groups in total. The molecule has 0 spiro atoms. The zero-order valence-corrected chi connectivity index (χ0v) is 14.6. The third-order valence-electron chi connectivity index (χ3n) is 6.49. The molecule has 118 valence electrons. The van der Waals surface area contributed by atoms with Gasteiger partial charge in [-0.1, -0.05) is 6.92 Å². The molecular formula is C16H26O4Si. The van der Waals surface area contributed by atoms with Crippen molar-refractivity contribution in [2.75, 3.05) is 6.61 Å². The summed E-state index contributed by atoms with van der Waals surface area (Å²) in [5, 5.41) is 0. The summed E-state index contributed by atoms with van der Waals surface area (Å²) >= 11 is 0. The highest BCUT2D eigenvalue weighted by molar-refractivity contribution is 6.69. The molecule has 4 nitrogen and oxygen atoms in total. The van der Waals surface area contributed by atoms with Crippen LogP contribution in [0.3, 0.4) is 0 Å². The first kappa shape index (κ1) is 14.2.